The SMILES string of the molecule is Cc1cc2c(n1-c1ccc(C(N)=O)cc1OCCCO)CC(C)(C)CC2=O. The lowest BCUT2D eigenvalue weighted by atomic mass is 9.76. The third-order valence-electron chi connectivity index (χ3n) is 4.92. The minimum atomic E-state index is -0.531. The summed E-state index contributed by atoms with van der Waals surface area (Å²) in [4.78, 5) is 24.2. The summed E-state index contributed by atoms with van der Waals surface area (Å²) in [6.07, 6.45) is 1.79. The van der Waals surface area contributed by atoms with Crippen LogP contribution in [-0.2, 0) is 6.42 Å². The van der Waals surface area contributed by atoms with Crippen molar-refractivity contribution in [2.75, 3.05) is 13.2 Å². The first-order valence-corrected chi connectivity index (χ1v) is 9.16. The first-order chi connectivity index (χ1) is 12.7. The summed E-state index contributed by atoms with van der Waals surface area (Å²) in [5.74, 6) is 0.132. The molecule has 1 aliphatic rings. The van der Waals surface area contributed by atoms with Crippen molar-refractivity contribution in [2.45, 2.75) is 40.0 Å². The van der Waals surface area contributed by atoms with Gasteiger partial charge in [0.1, 0.15) is 5.75 Å². The fourth-order valence-corrected chi connectivity index (χ4v) is 3.70. The van der Waals surface area contributed by atoms with Gasteiger partial charge in [0, 0.05) is 42.0 Å². The Balaban J connectivity index is 2.14. The number of nitrogens with zero attached hydrogens (tertiary/aromatic N) is 1. The Bertz CT molecular complexity index is 896. The highest BCUT2D eigenvalue weighted by Gasteiger charge is 2.34. The number of nitrogens with two attached hydrogens (primary N) is 1. The predicted octanol–water partition coefficient (Wildman–Crippen LogP) is 2.80. The highest BCUT2D eigenvalue weighted by Crippen LogP contribution is 2.39. The monoisotopic (exact) mass is 370 g/mol. The van der Waals surface area contributed by atoms with Gasteiger partial charge in [-0.25, -0.2) is 0 Å². The van der Waals surface area contributed by atoms with Crippen molar-refractivity contribution in [3.05, 3.63) is 46.8 Å². The normalized spacial score (nSPS) is 15.5. The maximum Gasteiger partial charge on any atom is 0.248 e. The number of aliphatic hydroxyl groups is 1. The zero-order valence-corrected chi connectivity index (χ0v) is 16.0. The number of aliphatic hydroxyl groups excluding tert-OH is 1. The van der Waals surface area contributed by atoms with Crippen LogP contribution in [0.1, 0.15) is 58.8 Å². The van der Waals surface area contributed by atoms with Crippen molar-refractivity contribution in [3.8, 4) is 11.4 Å². The number of hydrogen-bond acceptors (Lipinski definition) is 4. The number of ketones is 1. The van der Waals surface area contributed by atoms with E-state index in [1.807, 2.05) is 17.6 Å². The molecule has 1 aromatic carbocycles. The molecule has 0 spiro atoms. The zero-order chi connectivity index (χ0) is 19.8. The first-order valence-electron chi connectivity index (χ1n) is 9.16. The van der Waals surface area contributed by atoms with E-state index in [4.69, 9.17) is 15.6 Å². The summed E-state index contributed by atoms with van der Waals surface area (Å²) in [6, 6.07) is 7.01. The number of carbonyl (C=O) groups is 2. The lowest BCUT2D eigenvalue weighted by Crippen LogP contribution is -2.28. The van der Waals surface area contributed by atoms with Crippen LogP contribution in [0, 0.1) is 12.3 Å². The standard InChI is InChI=1S/C21H26N2O4/c1-13-9-15-17(11-21(2,3)12-18(15)25)23(13)16-6-5-14(20(22)26)10-19(16)27-8-4-7-24/h5-6,9-10,24H,4,7-8,11-12H2,1-3H3,(H2,22,26). The third kappa shape index (κ3) is 3.76. The maximum atomic E-state index is 12.6. The number of hydrogen-bond donors (Lipinski definition) is 2. The van der Waals surface area contributed by atoms with E-state index >= 15 is 0 Å². The number of carbonyl (C=O) groups excluding carboxylic acids is 2. The van der Waals surface area contributed by atoms with E-state index < -0.39 is 5.91 Å². The Morgan fingerprint density at radius 1 is 1.30 bits per heavy atom. The van der Waals surface area contributed by atoms with Crippen molar-refractivity contribution in [1.82, 2.24) is 4.57 Å². The zero-order valence-electron chi connectivity index (χ0n) is 16.0. The second-order valence-corrected chi connectivity index (χ2v) is 7.89. The van der Waals surface area contributed by atoms with E-state index in [1.165, 1.54) is 0 Å². The molecule has 2 aromatic rings. The molecule has 0 radical (unpaired) electrons. The number of amides is 1. The van der Waals surface area contributed by atoms with Gasteiger partial charge in [0.05, 0.1) is 12.3 Å². The van der Waals surface area contributed by atoms with Crippen molar-refractivity contribution < 1.29 is 19.4 Å². The molecule has 144 valence electrons. The van der Waals surface area contributed by atoms with Crippen LogP contribution in [0.15, 0.2) is 24.3 Å². The number of fused-ring (bicyclic) bond motifs is 1. The molecule has 1 heterocycles. The van der Waals surface area contributed by atoms with Crippen LogP contribution in [0.3, 0.4) is 0 Å². The van der Waals surface area contributed by atoms with Gasteiger partial charge >= 0.3 is 0 Å². The molecule has 27 heavy (non-hydrogen) atoms. The number of primary amides is 1. The van der Waals surface area contributed by atoms with Crippen molar-refractivity contribution in [3.63, 3.8) is 0 Å². The average Bonchev–Trinajstić information content (AvgIpc) is 2.90. The predicted molar refractivity (Wildman–Crippen MR) is 103 cm³/mol. The van der Waals surface area contributed by atoms with E-state index in [9.17, 15) is 9.59 Å². The minimum absolute atomic E-state index is 0.0193. The van der Waals surface area contributed by atoms with Gasteiger partial charge < -0.3 is 20.1 Å². The van der Waals surface area contributed by atoms with Gasteiger partial charge in [-0.15, -0.1) is 0 Å². The number of Topliss-reactive ketones (excluding diaryl/α,β-unsaturated/α-hetero) is 1. The molecule has 0 atom stereocenters. The number of aryl methyl sites for hydroxylation is 1. The van der Waals surface area contributed by atoms with Crippen LogP contribution >= 0.6 is 0 Å². The van der Waals surface area contributed by atoms with Crippen LogP contribution in [0.2, 0.25) is 0 Å². The van der Waals surface area contributed by atoms with Gasteiger partial charge in [-0.1, -0.05) is 13.8 Å². The summed E-state index contributed by atoms with van der Waals surface area (Å²) < 4.78 is 7.88. The molecule has 0 fully saturated rings. The molecule has 3 rings (SSSR count). The fraction of sp³-hybridized carbons (Fsp3) is 0.429. The molecule has 0 aliphatic heterocycles. The van der Waals surface area contributed by atoms with Gasteiger partial charge in [-0.3, -0.25) is 9.59 Å². The summed E-state index contributed by atoms with van der Waals surface area (Å²) >= 11 is 0. The van der Waals surface area contributed by atoms with E-state index in [2.05, 4.69) is 13.8 Å². The van der Waals surface area contributed by atoms with Crippen LogP contribution in [0.25, 0.3) is 5.69 Å². The van der Waals surface area contributed by atoms with Gasteiger partial charge in [-0.2, -0.15) is 0 Å². The Hall–Kier alpha value is -2.60. The van der Waals surface area contributed by atoms with Crippen LogP contribution in [0.4, 0.5) is 0 Å². The fourth-order valence-electron chi connectivity index (χ4n) is 3.70. The molecule has 0 saturated heterocycles. The van der Waals surface area contributed by atoms with Crippen molar-refractivity contribution >= 4 is 11.7 Å². The average molecular weight is 370 g/mol. The third-order valence-corrected chi connectivity index (χ3v) is 4.92. The number of ether oxygens (including phenoxy) is 1. The lowest BCUT2D eigenvalue weighted by Gasteiger charge is -2.30. The molecule has 0 saturated carbocycles. The van der Waals surface area contributed by atoms with E-state index in [0.29, 0.717) is 30.8 Å². The Kier molecular flexibility index (Phi) is 5.11. The second-order valence-electron chi connectivity index (χ2n) is 7.89. The number of aromatic nitrogens is 1. The first kappa shape index (κ1) is 19.2. The van der Waals surface area contributed by atoms with E-state index in [-0.39, 0.29) is 17.8 Å². The molecule has 0 unspecified atom stereocenters. The molecular formula is C21H26N2O4. The molecule has 6 nitrogen and oxygen atoms in total. The van der Waals surface area contributed by atoms with Crippen LogP contribution < -0.4 is 10.5 Å². The molecule has 1 aromatic heterocycles. The van der Waals surface area contributed by atoms with Crippen molar-refractivity contribution in [2.24, 2.45) is 11.1 Å². The molecule has 1 aliphatic carbocycles. The smallest absolute Gasteiger partial charge is 0.248 e. The Morgan fingerprint density at radius 3 is 2.70 bits per heavy atom. The molecule has 0 bridgehead atoms. The molecule has 1 amide bonds. The van der Waals surface area contributed by atoms with E-state index in [0.717, 1.165) is 29.1 Å². The van der Waals surface area contributed by atoms with E-state index in [1.54, 1.807) is 18.2 Å². The lowest BCUT2D eigenvalue weighted by molar-refractivity contribution is 0.0910. The largest absolute Gasteiger partial charge is 0.491 e. The highest BCUT2D eigenvalue weighted by molar-refractivity contribution is 5.99. The topological polar surface area (TPSA) is 94.6 Å². The van der Waals surface area contributed by atoms with Gasteiger partial charge in [0.25, 0.3) is 0 Å². The van der Waals surface area contributed by atoms with Gasteiger partial charge in [0.2, 0.25) is 5.91 Å². The second kappa shape index (κ2) is 7.19. The van der Waals surface area contributed by atoms with Crippen LogP contribution in [-0.4, -0.2) is 34.6 Å². The number of benzene rings is 1. The van der Waals surface area contributed by atoms with Gasteiger partial charge in [-0.05, 0) is 43.0 Å². The number of rotatable bonds is 6. The quantitative estimate of drug-likeness (QED) is 0.765. The summed E-state index contributed by atoms with van der Waals surface area (Å²) in [5.41, 5.74) is 9.08. The minimum Gasteiger partial charge on any atom is -0.491 e. The Morgan fingerprint density at radius 2 is 2.04 bits per heavy atom. The molecular weight excluding hydrogens is 344 g/mol. The van der Waals surface area contributed by atoms with Gasteiger partial charge in [0.15, 0.2) is 5.78 Å². The maximum absolute atomic E-state index is 12.6. The van der Waals surface area contributed by atoms with Crippen molar-refractivity contribution in [1.29, 1.82) is 0 Å². The molecule has 3 N–H and O–H groups in total. The summed E-state index contributed by atoms with van der Waals surface area (Å²) in [5, 5.41) is 9.03. The summed E-state index contributed by atoms with van der Waals surface area (Å²) in [7, 11) is 0. The molecule has 6 heteroatoms. The van der Waals surface area contributed by atoms with Crippen LogP contribution in [0.5, 0.6) is 5.75 Å². The highest BCUT2D eigenvalue weighted by atomic mass is 16.5. The Labute approximate surface area is 158 Å². The summed E-state index contributed by atoms with van der Waals surface area (Å²) in [6.45, 7) is 6.48.